The van der Waals surface area contributed by atoms with E-state index in [9.17, 15) is 4.79 Å². The molecule has 0 saturated carbocycles. The minimum Gasteiger partial charge on any atom is -0.425 e. The van der Waals surface area contributed by atoms with Gasteiger partial charge >= 0.3 is 11.9 Å². The minimum absolute atomic E-state index is 0.0143. The van der Waals surface area contributed by atoms with Crippen LogP contribution in [0.15, 0.2) is 28.8 Å². The number of nitrogens with one attached hydrogen (secondary N) is 1. The van der Waals surface area contributed by atoms with Crippen molar-refractivity contribution in [1.82, 2.24) is 15.2 Å². The molecule has 1 aromatic heterocycles. The van der Waals surface area contributed by atoms with Crippen LogP contribution in [-0.2, 0) is 0 Å². The molecule has 4 heterocycles. The lowest BCUT2D eigenvalue weighted by molar-refractivity contribution is 0.0599. The molecule has 6 nitrogen and oxygen atoms in total. The van der Waals surface area contributed by atoms with Gasteiger partial charge in [0.05, 0.1) is 0 Å². The topological polar surface area (TPSA) is 67.6 Å². The van der Waals surface area contributed by atoms with Crippen LogP contribution in [0.25, 0.3) is 0 Å². The normalized spacial score (nSPS) is 25.0. The molecule has 1 amide bonds. The van der Waals surface area contributed by atoms with Gasteiger partial charge in [-0.25, -0.2) is 4.98 Å². The molecule has 8 heteroatoms. The van der Waals surface area contributed by atoms with Crippen molar-refractivity contribution in [3.63, 3.8) is 0 Å². The molecule has 5 rings (SSSR count). The highest BCUT2D eigenvalue weighted by atomic mass is 35.5. The Kier molecular flexibility index (Phi) is 4.58. The summed E-state index contributed by atoms with van der Waals surface area (Å²) in [6.45, 7) is 3.13. The SMILES string of the molecule is O=C(NC1CN2CCC1CC2)c1ncc(Oc2cc(Cl)cc(Cl)c2)o1. The molecule has 1 N–H and O–H groups in total. The molecule has 0 aliphatic carbocycles. The van der Waals surface area contributed by atoms with Gasteiger partial charge in [0.2, 0.25) is 0 Å². The Hall–Kier alpha value is -1.76. The molecule has 25 heavy (non-hydrogen) atoms. The summed E-state index contributed by atoms with van der Waals surface area (Å²) in [6.07, 6.45) is 3.61. The molecule has 0 radical (unpaired) electrons. The van der Waals surface area contributed by atoms with Crippen molar-refractivity contribution < 1.29 is 13.9 Å². The third-order valence-corrected chi connectivity index (χ3v) is 5.14. The molecule has 1 unspecified atom stereocenters. The smallest absolute Gasteiger partial charge is 0.311 e. The van der Waals surface area contributed by atoms with Crippen LogP contribution in [0.5, 0.6) is 11.7 Å². The van der Waals surface area contributed by atoms with Crippen molar-refractivity contribution >= 4 is 29.1 Å². The molecule has 1 atom stereocenters. The summed E-state index contributed by atoms with van der Waals surface area (Å²) in [6, 6.07) is 4.95. The van der Waals surface area contributed by atoms with Crippen molar-refractivity contribution in [2.45, 2.75) is 18.9 Å². The van der Waals surface area contributed by atoms with Gasteiger partial charge in [-0.3, -0.25) is 4.79 Å². The van der Waals surface area contributed by atoms with Crippen molar-refractivity contribution in [2.24, 2.45) is 5.92 Å². The van der Waals surface area contributed by atoms with E-state index in [1.165, 1.54) is 6.20 Å². The van der Waals surface area contributed by atoms with Crippen molar-refractivity contribution in [3.8, 4) is 11.7 Å². The number of rotatable bonds is 4. The molecule has 2 bridgehead atoms. The number of hydrogen-bond acceptors (Lipinski definition) is 5. The van der Waals surface area contributed by atoms with Crippen LogP contribution in [0, 0.1) is 5.92 Å². The van der Waals surface area contributed by atoms with E-state index in [0.717, 1.165) is 32.5 Å². The highest BCUT2D eigenvalue weighted by Gasteiger charge is 2.35. The second-order valence-corrected chi connectivity index (χ2v) is 7.28. The predicted molar refractivity (Wildman–Crippen MR) is 93.5 cm³/mol. The van der Waals surface area contributed by atoms with Crippen LogP contribution < -0.4 is 10.1 Å². The van der Waals surface area contributed by atoms with Crippen molar-refractivity contribution in [1.29, 1.82) is 0 Å². The van der Waals surface area contributed by atoms with Gasteiger partial charge in [-0.1, -0.05) is 23.2 Å². The van der Waals surface area contributed by atoms with E-state index in [2.05, 4.69) is 15.2 Å². The number of nitrogens with zero attached hydrogens (tertiary/aromatic N) is 2. The number of fused-ring (bicyclic) bond motifs is 3. The van der Waals surface area contributed by atoms with Crippen LogP contribution in [0.1, 0.15) is 23.5 Å². The monoisotopic (exact) mass is 381 g/mol. The number of hydrogen-bond donors (Lipinski definition) is 1. The molecule has 3 saturated heterocycles. The zero-order chi connectivity index (χ0) is 17.4. The zero-order valence-electron chi connectivity index (χ0n) is 13.4. The Labute approximate surface area is 155 Å². The van der Waals surface area contributed by atoms with Gasteiger partial charge in [0.25, 0.3) is 5.89 Å². The fourth-order valence-corrected chi connectivity index (χ4v) is 3.98. The molecule has 3 aliphatic rings. The number of benzene rings is 1. The Balaban J connectivity index is 1.41. The Morgan fingerprint density at radius 3 is 2.60 bits per heavy atom. The van der Waals surface area contributed by atoms with Gasteiger partial charge in [0.1, 0.15) is 11.9 Å². The van der Waals surface area contributed by atoms with E-state index in [1.807, 2.05) is 0 Å². The first-order valence-corrected chi connectivity index (χ1v) is 8.95. The third kappa shape index (κ3) is 3.76. The van der Waals surface area contributed by atoms with E-state index in [-0.39, 0.29) is 23.8 Å². The number of carbonyl (C=O) groups is 1. The number of amides is 1. The largest absolute Gasteiger partial charge is 0.425 e. The highest BCUT2D eigenvalue weighted by Crippen LogP contribution is 2.30. The Morgan fingerprint density at radius 1 is 1.24 bits per heavy atom. The van der Waals surface area contributed by atoms with Crippen LogP contribution >= 0.6 is 23.2 Å². The molecule has 0 spiro atoms. The van der Waals surface area contributed by atoms with Gasteiger partial charge in [0.15, 0.2) is 0 Å². The first kappa shape index (κ1) is 16.7. The highest BCUT2D eigenvalue weighted by molar-refractivity contribution is 6.34. The second kappa shape index (κ2) is 6.86. The summed E-state index contributed by atoms with van der Waals surface area (Å²) < 4.78 is 10.9. The molecule has 1 aromatic carbocycles. The first-order chi connectivity index (χ1) is 12.1. The standard InChI is InChI=1S/C17H17Cl2N3O3/c18-11-5-12(19)7-13(6-11)24-15-8-20-17(25-15)16(23)21-14-9-22-3-1-10(14)2-4-22/h5-8,10,14H,1-4,9H2,(H,21,23). The molecule has 132 valence electrons. The Morgan fingerprint density at radius 2 is 1.96 bits per heavy atom. The average Bonchev–Trinajstić information content (AvgIpc) is 3.03. The van der Waals surface area contributed by atoms with E-state index >= 15 is 0 Å². The minimum atomic E-state index is -0.322. The zero-order valence-corrected chi connectivity index (χ0v) is 14.9. The summed E-state index contributed by atoms with van der Waals surface area (Å²) in [5, 5.41) is 3.92. The predicted octanol–water partition coefficient (Wildman–Crippen LogP) is 3.60. The number of ether oxygens (including phenoxy) is 1. The molecule has 3 fully saturated rings. The first-order valence-electron chi connectivity index (χ1n) is 8.20. The van der Waals surface area contributed by atoms with Crippen LogP contribution in [0.4, 0.5) is 0 Å². The maximum Gasteiger partial charge on any atom is 0.311 e. The van der Waals surface area contributed by atoms with E-state index in [1.54, 1.807) is 18.2 Å². The van der Waals surface area contributed by atoms with Gasteiger partial charge in [0, 0.05) is 22.6 Å². The van der Waals surface area contributed by atoms with E-state index in [0.29, 0.717) is 21.7 Å². The van der Waals surface area contributed by atoms with E-state index < -0.39 is 0 Å². The van der Waals surface area contributed by atoms with Gasteiger partial charge in [-0.15, -0.1) is 0 Å². The summed E-state index contributed by atoms with van der Waals surface area (Å²) in [5.41, 5.74) is 0. The summed E-state index contributed by atoms with van der Waals surface area (Å²) >= 11 is 11.9. The average molecular weight is 382 g/mol. The maximum absolute atomic E-state index is 12.4. The third-order valence-electron chi connectivity index (χ3n) is 4.71. The van der Waals surface area contributed by atoms with Crippen molar-refractivity contribution in [2.75, 3.05) is 19.6 Å². The summed E-state index contributed by atoms with van der Waals surface area (Å²) in [5.74, 6) is 0.723. The Bertz CT molecular complexity index is 767. The molecular formula is C17H17Cl2N3O3. The van der Waals surface area contributed by atoms with Crippen LogP contribution in [-0.4, -0.2) is 41.5 Å². The van der Waals surface area contributed by atoms with Crippen molar-refractivity contribution in [3.05, 3.63) is 40.3 Å². The van der Waals surface area contributed by atoms with Crippen LogP contribution in [0.3, 0.4) is 0 Å². The number of halogens is 2. The number of carbonyl (C=O) groups excluding carboxylic acids is 1. The molecule has 2 aromatic rings. The van der Waals surface area contributed by atoms with Crippen LogP contribution in [0.2, 0.25) is 10.0 Å². The number of aromatic nitrogens is 1. The second-order valence-electron chi connectivity index (χ2n) is 6.41. The summed E-state index contributed by atoms with van der Waals surface area (Å²) in [4.78, 5) is 18.8. The lowest BCUT2D eigenvalue weighted by Crippen LogP contribution is -2.57. The van der Waals surface area contributed by atoms with Gasteiger partial charge in [-0.2, -0.15) is 0 Å². The van der Waals surface area contributed by atoms with Gasteiger partial charge in [-0.05, 0) is 50.0 Å². The number of piperidine rings is 3. The summed E-state index contributed by atoms with van der Waals surface area (Å²) in [7, 11) is 0. The lowest BCUT2D eigenvalue weighted by Gasteiger charge is -2.44. The quantitative estimate of drug-likeness (QED) is 0.875. The fraction of sp³-hybridized carbons (Fsp3) is 0.412. The molecule has 3 aliphatic heterocycles. The van der Waals surface area contributed by atoms with Gasteiger partial charge < -0.3 is 19.4 Å². The maximum atomic E-state index is 12.4. The van der Waals surface area contributed by atoms with E-state index in [4.69, 9.17) is 32.4 Å². The number of oxazole rings is 1. The fourth-order valence-electron chi connectivity index (χ4n) is 3.47. The lowest BCUT2D eigenvalue weighted by atomic mass is 9.84. The molecular weight excluding hydrogens is 365 g/mol.